The molecule has 222 valence electrons. The van der Waals surface area contributed by atoms with E-state index >= 15 is 0 Å². The maximum atomic E-state index is 11.0. The summed E-state index contributed by atoms with van der Waals surface area (Å²) in [6.07, 6.45) is 3.03. The molecule has 0 radical (unpaired) electrons. The van der Waals surface area contributed by atoms with Crippen LogP contribution in [-0.4, -0.2) is 126 Å². The van der Waals surface area contributed by atoms with E-state index < -0.39 is 0 Å². The number of rotatable bonds is 25. The van der Waals surface area contributed by atoms with Crippen molar-refractivity contribution in [3.63, 3.8) is 0 Å². The lowest BCUT2D eigenvalue weighted by atomic mass is 10.3. The minimum absolute atomic E-state index is 0.261. The van der Waals surface area contributed by atoms with E-state index in [2.05, 4.69) is 20.4 Å². The highest BCUT2D eigenvalue weighted by Crippen LogP contribution is 1.97. The molecule has 0 heterocycles. The molecule has 0 aliphatic carbocycles. The first-order valence-corrected chi connectivity index (χ1v) is 13.6. The van der Waals surface area contributed by atoms with Gasteiger partial charge in [-0.2, -0.15) is 0 Å². The van der Waals surface area contributed by atoms with Crippen LogP contribution in [0.4, 0.5) is 0 Å². The highest BCUT2D eigenvalue weighted by Gasteiger charge is 2.08. The fourth-order valence-corrected chi connectivity index (χ4v) is 3.56. The van der Waals surface area contributed by atoms with Gasteiger partial charge < -0.3 is 39.4 Å². The molecule has 0 saturated heterocycles. The lowest BCUT2D eigenvalue weighted by Gasteiger charge is -2.24. The molecule has 2 N–H and O–H groups in total. The smallest absolute Gasteiger partial charge is 0.302 e. The summed E-state index contributed by atoms with van der Waals surface area (Å²) < 4.78 is 20.1. The van der Waals surface area contributed by atoms with Crippen molar-refractivity contribution in [2.75, 3.05) is 91.9 Å². The van der Waals surface area contributed by atoms with Crippen molar-refractivity contribution in [1.82, 2.24) is 20.4 Å². The van der Waals surface area contributed by atoms with Gasteiger partial charge in [-0.1, -0.05) is 0 Å². The lowest BCUT2D eigenvalue weighted by molar-refractivity contribution is -0.142. The molecule has 0 spiro atoms. The van der Waals surface area contributed by atoms with Crippen LogP contribution in [-0.2, 0) is 38.1 Å². The SMILES string of the molecule is CC(=O)OCCCNCCN(CCCOC(C)=O)CCNCCN(CCCOC(C)=O)CCCOC(C)=O. The van der Waals surface area contributed by atoms with Gasteiger partial charge in [0, 0.05) is 86.6 Å². The summed E-state index contributed by atoms with van der Waals surface area (Å²) >= 11 is 0. The van der Waals surface area contributed by atoms with Crippen molar-refractivity contribution >= 4 is 23.9 Å². The fourth-order valence-electron chi connectivity index (χ4n) is 3.56. The van der Waals surface area contributed by atoms with E-state index in [-0.39, 0.29) is 23.9 Å². The molecule has 12 nitrogen and oxygen atoms in total. The van der Waals surface area contributed by atoms with E-state index in [1.165, 1.54) is 27.7 Å². The zero-order chi connectivity index (χ0) is 28.4. The molecule has 0 aromatic heterocycles. The molecule has 0 fully saturated rings. The standard InChI is InChI=1S/C26H50N4O8/c1-23(31)35-19-5-9-27-10-17-30(15-8-22-38-26(4)34)18-12-28-11-16-29(13-6-20-36-24(2)32)14-7-21-37-25(3)33/h27-28H,5-22H2,1-4H3. The highest BCUT2D eigenvalue weighted by molar-refractivity contribution is 5.66. The Morgan fingerprint density at radius 2 is 0.737 bits per heavy atom. The van der Waals surface area contributed by atoms with Gasteiger partial charge in [0.15, 0.2) is 0 Å². The Morgan fingerprint density at radius 3 is 1.08 bits per heavy atom. The largest absolute Gasteiger partial charge is 0.466 e. The maximum absolute atomic E-state index is 11.0. The van der Waals surface area contributed by atoms with E-state index in [4.69, 9.17) is 18.9 Å². The summed E-state index contributed by atoms with van der Waals surface area (Å²) in [6, 6.07) is 0. The van der Waals surface area contributed by atoms with Gasteiger partial charge in [-0.05, 0) is 32.2 Å². The number of hydrogen-bond acceptors (Lipinski definition) is 12. The minimum atomic E-state index is -0.275. The monoisotopic (exact) mass is 546 g/mol. The summed E-state index contributed by atoms with van der Waals surface area (Å²) in [6.45, 7) is 15.4. The quantitative estimate of drug-likeness (QED) is 0.0942. The van der Waals surface area contributed by atoms with Crippen LogP contribution >= 0.6 is 0 Å². The van der Waals surface area contributed by atoms with Gasteiger partial charge >= 0.3 is 23.9 Å². The minimum Gasteiger partial charge on any atom is -0.466 e. The van der Waals surface area contributed by atoms with Gasteiger partial charge in [0.2, 0.25) is 0 Å². The molecule has 0 unspecified atom stereocenters. The first-order chi connectivity index (χ1) is 18.2. The molecule has 0 saturated carbocycles. The van der Waals surface area contributed by atoms with Crippen molar-refractivity contribution in [2.45, 2.75) is 53.4 Å². The molecule has 0 aromatic rings. The van der Waals surface area contributed by atoms with E-state index in [1.54, 1.807) is 0 Å². The molecular weight excluding hydrogens is 496 g/mol. The molecular formula is C26H50N4O8. The summed E-state index contributed by atoms with van der Waals surface area (Å²) in [5, 5.41) is 6.86. The second-order valence-corrected chi connectivity index (χ2v) is 8.96. The third-order valence-corrected chi connectivity index (χ3v) is 5.39. The van der Waals surface area contributed by atoms with Crippen LogP contribution in [0.25, 0.3) is 0 Å². The van der Waals surface area contributed by atoms with E-state index in [0.29, 0.717) is 26.4 Å². The Labute approximate surface area is 228 Å². The summed E-state index contributed by atoms with van der Waals surface area (Å²) in [7, 11) is 0. The van der Waals surface area contributed by atoms with E-state index in [1.807, 2.05) is 0 Å². The Morgan fingerprint density at radius 1 is 0.447 bits per heavy atom. The zero-order valence-corrected chi connectivity index (χ0v) is 23.9. The predicted molar refractivity (Wildman–Crippen MR) is 144 cm³/mol. The van der Waals surface area contributed by atoms with Gasteiger partial charge in [-0.25, -0.2) is 0 Å². The van der Waals surface area contributed by atoms with Crippen LogP contribution in [0.3, 0.4) is 0 Å². The van der Waals surface area contributed by atoms with Crippen LogP contribution in [0, 0.1) is 0 Å². The van der Waals surface area contributed by atoms with E-state index in [9.17, 15) is 19.2 Å². The molecule has 12 heteroatoms. The first-order valence-electron chi connectivity index (χ1n) is 13.6. The Balaban J connectivity index is 4.36. The van der Waals surface area contributed by atoms with Crippen LogP contribution in [0.1, 0.15) is 53.4 Å². The summed E-state index contributed by atoms with van der Waals surface area (Å²) in [5.41, 5.74) is 0. The maximum Gasteiger partial charge on any atom is 0.302 e. The third-order valence-electron chi connectivity index (χ3n) is 5.39. The fraction of sp³-hybridized carbons (Fsp3) is 0.846. The van der Waals surface area contributed by atoms with Crippen molar-refractivity contribution in [3.05, 3.63) is 0 Å². The lowest BCUT2D eigenvalue weighted by Crippen LogP contribution is -2.40. The normalized spacial score (nSPS) is 11.0. The topological polar surface area (TPSA) is 136 Å². The van der Waals surface area contributed by atoms with Gasteiger partial charge in [-0.15, -0.1) is 0 Å². The molecule has 0 aliphatic heterocycles. The van der Waals surface area contributed by atoms with Crippen molar-refractivity contribution in [2.24, 2.45) is 0 Å². The number of nitrogens with one attached hydrogen (secondary N) is 2. The predicted octanol–water partition coefficient (Wildman–Crippen LogP) is 0.582. The second-order valence-electron chi connectivity index (χ2n) is 8.96. The van der Waals surface area contributed by atoms with Gasteiger partial charge in [0.1, 0.15) is 0 Å². The highest BCUT2D eigenvalue weighted by atomic mass is 16.5. The summed E-state index contributed by atoms with van der Waals surface area (Å²) in [4.78, 5) is 48.4. The van der Waals surface area contributed by atoms with Gasteiger partial charge in [0.25, 0.3) is 0 Å². The molecule has 0 bridgehead atoms. The number of carbonyl (C=O) groups excluding carboxylic acids is 4. The Hall–Kier alpha value is -2.28. The number of carbonyl (C=O) groups is 4. The van der Waals surface area contributed by atoms with Crippen LogP contribution < -0.4 is 10.6 Å². The average Bonchev–Trinajstić information content (AvgIpc) is 2.84. The van der Waals surface area contributed by atoms with Crippen LogP contribution in [0.5, 0.6) is 0 Å². The number of ether oxygens (including phenoxy) is 4. The average molecular weight is 547 g/mol. The number of esters is 4. The van der Waals surface area contributed by atoms with Crippen molar-refractivity contribution < 1.29 is 38.1 Å². The molecule has 0 aliphatic rings. The molecule has 0 atom stereocenters. The van der Waals surface area contributed by atoms with Crippen LogP contribution in [0.2, 0.25) is 0 Å². The van der Waals surface area contributed by atoms with E-state index in [0.717, 1.165) is 91.1 Å². The van der Waals surface area contributed by atoms with Crippen molar-refractivity contribution in [1.29, 1.82) is 0 Å². The number of nitrogens with zero attached hydrogens (tertiary/aromatic N) is 2. The molecule has 0 aromatic carbocycles. The third kappa shape index (κ3) is 26.8. The zero-order valence-electron chi connectivity index (χ0n) is 23.9. The first kappa shape index (κ1) is 35.7. The molecule has 38 heavy (non-hydrogen) atoms. The summed E-state index contributed by atoms with van der Waals surface area (Å²) in [5.74, 6) is -1.08. The van der Waals surface area contributed by atoms with Gasteiger partial charge in [-0.3, -0.25) is 19.2 Å². The Kier molecular flexibility index (Phi) is 23.5. The van der Waals surface area contributed by atoms with Crippen LogP contribution in [0.15, 0.2) is 0 Å². The van der Waals surface area contributed by atoms with Gasteiger partial charge in [0.05, 0.1) is 26.4 Å². The van der Waals surface area contributed by atoms with Crippen molar-refractivity contribution in [3.8, 4) is 0 Å². The number of hydrogen-bond donors (Lipinski definition) is 2. The Bertz CT molecular complexity index is 629. The molecule has 0 amide bonds. The second kappa shape index (κ2) is 25.0. The molecule has 0 rings (SSSR count).